The average Bonchev–Trinajstić information content (AvgIpc) is 2.02. The van der Waals surface area contributed by atoms with Gasteiger partial charge in [-0.1, -0.05) is 34.6 Å². The lowest BCUT2D eigenvalue weighted by Gasteiger charge is -2.17. The summed E-state index contributed by atoms with van der Waals surface area (Å²) in [6.07, 6.45) is 5.03. The zero-order chi connectivity index (χ0) is 10.2. The van der Waals surface area contributed by atoms with Gasteiger partial charge in [0.25, 0.3) is 0 Å². The van der Waals surface area contributed by atoms with Crippen LogP contribution in [0.3, 0.4) is 0 Å². The zero-order valence-electron chi connectivity index (χ0n) is 8.89. The molecule has 0 aromatic heterocycles. The first kappa shape index (κ1) is 13.7. The quantitative estimate of drug-likeness (QED) is 0.594. The van der Waals surface area contributed by atoms with Crippen LogP contribution in [0.15, 0.2) is 24.0 Å². The van der Waals surface area contributed by atoms with E-state index < -0.39 is 0 Å². The molecular formula is C10H22N2. The van der Waals surface area contributed by atoms with Crippen LogP contribution in [-0.2, 0) is 0 Å². The fourth-order valence-electron chi connectivity index (χ4n) is 0.409. The molecule has 0 fully saturated rings. The predicted molar refractivity (Wildman–Crippen MR) is 56.4 cm³/mol. The number of allylic oxidation sites excluding steroid dienone is 3. The van der Waals surface area contributed by atoms with Gasteiger partial charge in [-0.3, -0.25) is 0 Å². The molecule has 0 bridgehead atoms. The molecule has 0 radical (unpaired) electrons. The molecule has 0 spiro atoms. The molecule has 0 unspecified atom stereocenters. The fourth-order valence-corrected chi connectivity index (χ4v) is 0.409. The number of hydrogen-bond donors (Lipinski definition) is 2. The molecule has 0 heterocycles. The van der Waals surface area contributed by atoms with E-state index in [9.17, 15) is 0 Å². The van der Waals surface area contributed by atoms with Crippen molar-refractivity contribution in [1.82, 2.24) is 0 Å². The molecule has 0 aromatic rings. The van der Waals surface area contributed by atoms with Gasteiger partial charge in [0.15, 0.2) is 0 Å². The lowest BCUT2D eigenvalue weighted by Crippen LogP contribution is -2.16. The summed E-state index contributed by atoms with van der Waals surface area (Å²) in [6, 6.07) is 0. The van der Waals surface area contributed by atoms with Crippen LogP contribution in [0.1, 0.15) is 34.6 Å². The molecule has 0 saturated heterocycles. The maximum absolute atomic E-state index is 5.69. The molecule has 72 valence electrons. The first-order valence-electron chi connectivity index (χ1n) is 4.33. The molecule has 12 heavy (non-hydrogen) atoms. The van der Waals surface area contributed by atoms with Crippen molar-refractivity contribution in [3.8, 4) is 0 Å². The molecule has 0 aliphatic heterocycles. The average molecular weight is 170 g/mol. The van der Waals surface area contributed by atoms with E-state index in [-0.39, 0.29) is 5.41 Å². The minimum Gasteiger partial charge on any atom is -0.405 e. The number of rotatable bonds is 1. The van der Waals surface area contributed by atoms with Gasteiger partial charge in [-0.25, -0.2) is 0 Å². The lowest BCUT2D eigenvalue weighted by atomic mass is 9.92. The van der Waals surface area contributed by atoms with Crippen LogP contribution in [0.25, 0.3) is 0 Å². The van der Waals surface area contributed by atoms with Crippen LogP contribution < -0.4 is 11.5 Å². The SMILES string of the molecule is CC.CC(C)(C)/C(N)=C/C=C\N. The summed E-state index contributed by atoms with van der Waals surface area (Å²) in [5.41, 5.74) is 11.7. The Morgan fingerprint density at radius 1 is 1.17 bits per heavy atom. The van der Waals surface area contributed by atoms with E-state index in [1.165, 1.54) is 6.20 Å². The highest BCUT2D eigenvalue weighted by Crippen LogP contribution is 2.19. The van der Waals surface area contributed by atoms with Gasteiger partial charge in [-0.2, -0.15) is 0 Å². The van der Waals surface area contributed by atoms with E-state index in [4.69, 9.17) is 11.5 Å². The van der Waals surface area contributed by atoms with Gasteiger partial charge in [0.05, 0.1) is 0 Å². The van der Waals surface area contributed by atoms with Crippen LogP contribution in [0.2, 0.25) is 0 Å². The molecular weight excluding hydrogens is 148 g/mol. The minimum atomic E-state index is 0.0412. The van der Waals surface area contributed by atoms with Crippen molar-refractivity contribution in [2.75, 3.05) is 0 Å². The van der Waals surface area contributed by atoms with Gasteiger partial charge in [0.1, 0.15) is 0 Å². The van der Waals surface area contributed by atoms with Crippen molar-refractivity contribution in [3.05, 3.63) is 24.0 Å². The second kappa shape index (κ2) is 6.77. The molecule has 2 nitrogen and oxygen atoms in total. The maximum atomic E-state index is 5.69. The van der Waals surface area contributed by atoms with Gasteiger partial charge in [-0.15, -0.1) is 0 Å². The van der Waals surface area contributed by atoms with Crippen LogP contribution in [-0.4, -0.2) is 0 Å². The Hall–Kier alpha value is -0.920. The van der Waals surface area contributed by atoms with E-state index in [0.717, 1.165) is 5.70 Å². The van der Waals surface area contributed by atoms with Crippen molar-refractivity contribution >= 4 is 0 Å². The molecule has 0 saturated carbocycles. The van der Waals surface area contributed by atoms with Crippen molar-refractivity contribution in [2.45, 2.75) is 34.6 Å². The van der Waals surface area contributed by atoms with Crippen LogP contribution in [0.5, 0.6) is 0 Å². The Morgan fingerprint density at radius 3 is 1.83 bits per heavy atom. The Bertz CT molecular complexity index is 150. The summed E-state index contributed by atoms with van der Waals surface area (Å²) < 4.78 is 0. The van der Waals surface area contributed by atoms with Gasteiger partial charge in [0, 0.05) is 11.1 Å². The summed E-state index contributed by atoms with van der Waals surface area (Å²) in [5, 5.41) is 0. The second-order valence-electron chi connectivity index (χ2n) is 3.26. The molecule has 4 N–H and O–H groups in total. The van der Waals surface area contributed by atoms with Gasteiger partial charge < -0.3 is 11.5 Å². The van der Waals surface area contributed by atoms with Crippen molar-refractivity contribution < 1.29 is 0 Å². The van der Waals surface area contributed by atoms with E-state index in [2.05, 4.69) is 20.8 Å². The highest BCUT2D eigenvalue weighted by molar-refractivity contribution is 5.13. The van der Waals surface area contributed by atoms with Crippen molar-refractivity contribution in [1.29, 1.82) is 0 Å². The smallest absolute Gasteiger partial charge is 0.0136 e. The zero-order valence-corrected chi connectivity index (χ0v) is 8.89. The van der Waals surface area contributed by atoms with Crippen LogP contribution >= 0.6 is 0 Å². The predicted octanol–water partition coefficient (Wildman–Crippen LogP) is 2.37. The summed E-state index contributed by atoms with van der Waals surface area (Å²) >= 11 is 0. The largest absolute Gasteiger partial charge is 0.405 e. The highest BCUT2D eigenvalue weighted by Gasteiger charge is 2.11. The lowest BCUT2D eigenvalue weighted by molar-refractivity contribution is 0.497. The van der Waals surface area contributed by atoms with E-state index >= 15 is 0 Å². The van der Waals surface area contributed by atoms with E-state index in [1.807, 2.05) is 19.9 Å². The van der Waals surface area contributed by atoms with Crippen LogP contribution in [0, 0.1) is 5.41 Å². The summed E-state index contributed by atoms with van der Waals surface area (Å²) in [7, 11) is 0. The van der Waals surface area contributed by atoms with Gasteiger partial charge in [0.2, 0.25) is 0 Å². The van der Waals surface area contributed by atoms with E-state index in [0.29, 0.717) is 0 Å². The maximum Gasteiger partial charge on any atom is 0.0136 e. The molecule has 0 aliphatic rings. The first-order valence-corrected chi connectivity index (χ1v) is 4.33. The van der Waals surface area contributed by atoms with Gasteiger partial charge >= 0.3 is 0 Å². The van der Waals surface area contributed by atoms with Gasteiger partial charge in [-0.05, 0) is 18.4 Å². The third-order valence-corrected chi connectivity index (χ3v) is 1.25. The van der Waals surface area contributed by atoms with E-state index in [1.54, 1.807) is 6.08 Å². The highest BCUT2D eigenvalue weighted by atomic mass is 14.6. The summed E-state index contributed by atoms with van der Waals surface area (Å²) in [4.78, 5) is 0. The Labute approximate surface area is 76.3 Å². The summed E-state index contributed by atoms with van der Waals surface area (Å²) in [5.74, 6) is 0. The molecule has 0 atom stereocenters. The molecule has 0 rings (SSSR count). The Kier molecular flexibility index (Phi) is 7.70. The molecule has 0 aromatic carbocycles. The monoisotopic (exact) mass is 170 g/mol. The minimum absolute atomic E-state index is 0.0412. The number of hydrogen-bond acceptors (Lipinski definition) is 2. The third-order valence-electron chi connectivity index (χ3n) is 1.25. The fraction of sp³-hybridized carbons (Fsp3) is 0.600. The standard InChI is InChI=1S/C8H16N2.C2H6/c1-8(2,3)7(10)5-4-6-9;1-2/h4-6H,9-10H2,1-3H3;1-2H3/b6-4-,7-5-;. The topological polar surface area (TPSA) is 52.0 Å². The Balaban J connectivity index is 0. The third kappa shape index (κ3) is 7.19. The first-order chi connectivity index (χ1) is 5.48. The van der Waals surface area contributed by atoms with Crippen molar-refractivity contribution in [2.24, 2.45) is 16.9 Å². The molecule has 2 heteroatoms. The van der Waals surface area contributed by atoms with Crippen molar-refractivity contribution in [3.63, 3.8) is 0 Å². The van der Waals surface area contributed by atoms with Crippen LogP contribution in [0.4, 0.5) is 0 Å². The number of nitrogens with two attached hydrogens (primary N) is 2. The summed E-state index contributed by atoms with van der Waals surface area (Å²) in [6.45, 7) is 10.2. The normalized spacial score (nSPS) is 12.6. The molecule has 0 amide bonds. The Morgan fingerprint density at radius 2 is 1.58 bits per heavy atom. The second-order valence-corrected chi connectivity index (χ2v) is 3.26. The molecule has 0 aliphatic carbocycles.